The van der Waals surface area contributed by atoms with Crippen LogP contribution in [0.25, 0.3) is 43.2 Å². The molecule has 5 aliphatic rings. The number of nitrogens with two attached hydrogens (primary N) is 1. The number of likely N-dealkylation sites (tertiary alicyclic amines) is 2. The first-order valence-electron chi connectivity index (χ1n) is 27.6. The molecule has 0 aliphatic carbocycles. The summed E-state index contributed by atoms with van der Waals surface area (Å²) >= 11 is 7.86. The molecule has 12 rings (SSSR count). The van der Waals surface area contributed by atoms with Crippen LogP contribution in [-0.2, 0) is 9.59 Å². The second-order valence-electron chi connectivity index (χ2n) is 22.9. The first kappa shape index (κ1) is 55.4. The lowest BCUT2D eigenvalue weighted by molar-refractivity contribution is -0.141. The smallest absolute Gasteiger partial charge is 0.319 e. The number of fused-ring (bicyclic) bond motifs is 4. The molecule has 6 atom stereocenters. The summed E-state index contributed by atoms with van der Waals surface area (Å²) < 4.78 is 87.1. The van der Waals surface area contributed by atoms with Crippen LogP contribution < -0.4 is 30.9 Å². The molecule has 0 radical (unpaired) electrons. The first-order chi connectivity index (χ1) is 39.3. The number of aromatic nitrogens is 3. The molecule has 5 fully saturated rings. The van der Waals surface area contributed by atoms with Gasteiger partial charge in [-0.1, -0.05) is 60.9 Å². The normalized spacial score (nSPS) is 21.4. The van der Waals surface area contributed by atoms with Gasteiger partial charge in [0.25, 0.3) is 0 Å². The number of amides is 2. The van der Waals surface area contributed by atoms with Crippen LogP contribution in [-0.4, -0.2) is 125 Å². The van der Waals surface area contributed by atoms with E-state index < -0.39 is 59.1 Å². The van der Waals surface area contributed by atoms with E-state index in [1.807, 2.05) is 13.8 Å². The number of piperazine rings is 1. The van der Waals surface area contributed by atoms with E-state index in [1.165, 1.54) is 29.2 Å². The number of hydrogen-bond donors (Lipinski definition) is 4. The quantitative estimate of drug-likeness (QED) is 0.0750. The Bertz CT molecular complexity index is 3660. The second-order valence-corrected chi connectivity index (χ2v) is 24.4. The fourth-order valence-electron chi connectivity index (χ4n) is 12.9. The lowest BCUT2D eigenvalue weighted by Crippen LogP contribution is -2.60. The summed E-state index contributed by atoms with van der Waals surface area (Å²) in [5.41, 5.74) is 6.86. The maximum Gasteiger partial charge on any atom is 0.319 e. The molecule has 4 aromatic carbocycles. The van der Waals surface area contributed by atoms with E-state index >= 15 is 8.78 Å². The van der Waals surface area contributed by atoms with E-state index in [2.05, 4.69) is 41.5 Å². The van der Waals surface area contributed by atoms with Gasteiger partial charge >= 0.3 is 6.01 Å². The molecule has 2 amide bonds. The van der Waals surface area contributed by atoms with Crippen molar-refractivity contribution < 1.29 is 45.9 Å². The van der Waals surface area contributed by atoms with Crippen molar-refractivity contribution in [3.63, 3.8) is 0 Å². The van der Waals surface area contributed by atoms with Crippen molar-refractivity contribution >= 4 is 72.4 Å². The molecule has 16 nitrogen and oxygen atoms in total. The number of aliphatic hydroxyl groups is 1. The lowest BCUT2D eigenvalue weighted by Gasteiger charge is -2.54. The van der Waals surface area contributed by atoms with Gasteiger partial charge in [-0.25, -0.2) is 22.0 Å². The largest absolute Gasteiger partial charge is 0.462 e. The highest BCUT2D eigenvalue weighted by atomic mass is 35.5. The molecule has 2 bridgehead atoms. The van der Waals surface area contributed by atoms with Gasteiger partial charge in [-0.15, -0.1) is 11.3 Å². The fourth-order valence-corrected chi connectivity index (χ4v) is 14.1. The Labute approximate surface area is 477 Å². The number of benzene rings is 4. The number of carbonyl (C=O) groups is 2. The van der Waals surface area contributed by atoms with Crippen LogP contribution in [0.3, 0.4) is 0 Å². The van der Waals surface area contributed by atoms with Crippen molar-refractivity contribution in [3.05, 3.63) is 112 Å². The zero-order chi connectivity index (χ0) is 57.5. The van der Waals surface area contributed by atoms with Gasteiger partial charge in [-0.2, -0.15) is 15.2 Å². The molecular weight excluding hydrogens is 1110 g/mol. The Hall–Kier alpha value is -7.16. The van der Waals surface area contributed by atoms with Gasteiger partial charge in [0.1, 0.15) is 64.2 Å². The van der Waals surface area contributed by atoms with Crippen molar-refractivity contribution in [3.8, 4) is 34.3 Å². The summed E-state index contributed by atoms with van der Waals surface area (Å²) in [5, 5.41) is 32.5. The van der Waals surface area contributed by atoms with Crippen molar-refractivity contribution in [2.75, 3.05) is 74.5 Å². The molecule has 1 spiro atoms. The monoisotopic (exact) mass is 1160 g/mol. The summed E-state index contributed by atoms with van der Waals surface area (Å²) in [7, 11) is 0. The van der Waals surface area contributed by atoms with E-state index in [9.17, 15) is 33.1 Å². The third-order valence-corrected chi connectivity index (χ3v) is 18.5. The van der Waals surface area contributed by atoms with Crippen LogP contribution in [0.2, 0.25) is 5.02 Å². The number of thiophene rings is 1. The standard InChI is InChI=1S/C59H59ClF5N11O5S/c1-29(2)47(57(79)76-26-36(77)20-44(76)56(78)68-30(3)31-4-6-32(7-5-31)48-42(63)18-33(61)19-43(48)64)45-22-46(72-81-45)75-27-59(28-75)12-14-73(15-13-59)16-17-80-58-70-52-38(55(71-58)74-24-34-8-9-35(25-74)69-34)21-40(60)50(51(52)65)37-10-11-41(62)53-49(37)39(23-66)54(67)82-53/h4-7,10-11,18-19,21-22,29-30,34-36,44,47,69,77H,8-9,12-17,20,24-28,67H2,1-3H3,(H,68,78)/t30-,34?,35?,36+,44-,47-/m0/s1. The van der Waals surface area contributed by atoms with Gasteiger partial charge in [-0.05, 0) is 80.4 Å². The fraction of sp³-hybridized carbons (Fsp3) is 0.424. The van der Waals surface area contributed by atoms with Crippen LogP contribution in [0.4, 0.5) is 38.6 Å². The topological polar surface area (TPSA) is 202 Å². The van der Waals surface area contributed by atoms with Crippen LogP contribution in [0.15, 0.2) is 65.2 Å². The van der Waals surface area contributed by atoms with Crippen LogP contribution in [0.5, 0.6) is 6.01 Å². The van der Waals surface area contributed by atoms with Crippen molar-refractivity contribution in [2.45, 2.75) is 89.1 Å². The summed E-state index contributed by atoms with van der Waals surface area (Å²) in [6.45, 7) is 10.7. The molecule has 7 aromatic rings. The zero-order valence-corrected chi connectivity index (χ0v) is 46.7. The minimum Gasteiger partial charge on any atom is -0.462 e. The van der Waals surface area contributed by atoms with Gasteiger partial charge in [0.15, 0.2) is 17.4 Å². The van der Waals surface area contributed by atoms with Crippen molar-refractivity contribution in [1.82, 2.24) is 35.6 Å². The third-order valence-electron chi connectivity index (χ3n) is 17.2. The molecular formula is C59H59ClF5N11O5S. The van der Waals surface area contributed by atoms with Gasteiger partial charge in [0.05, 0.1) is 33.0 Å². The Kier molecular flexibility index (Phi) is 14.8. The molecule has 5 N–H and O–H groups in total. The number of nitrogen functional groups attached to an aromatic ring is 1. The van der Waals surface area contributed by atoms with E-state index in [4.69, 9.17) is 31.6 Å². The molecule has 0 saturated carbocycles. The van der Waals surface area contributed by atoms with E-state index in [0.29, 0.717) is 60.1 Å². The summed E-state index contributed by atoms with van der Waals surface area (Å²) in [6, 6.07) is 14.4. The minimum atomic E-state index is -1.04. The molecule has 5 saturated heterocycles. The van der Waals surface area contributed by atoms with Crippen molar-refractivity contribution in [2.24, 2.45) is 11.3 Å². The van der Waals surface area contributed by atoms with Crippen LogP contribution >= 0.6 is 22.9 Å². The Morgan fingerprint density at radius 2 is 1.66 bits per heavy atom. The maximum atomic E-state index is 17.2. The first-order valence-corrected chi connectivity index (χ1v) is 28.8. The number of halogens is 6. The maximum absolute atomic E-state index is 17.2. The summed E-state index contributed by atoms with van der Waals surface area (Å²) in [6.07, 6.45) is 2.94. The highest BCUT2D eigenvalue weighted by molar-refractivity contribution is 7.23. The number of hydrogen-bond acceptors (Lipinski definition) is 15. The van der Waals surface area contributed by atoms with E-state index in [1.54, 1.807) is 31.2 Å². The number of carbonyl (C=O) groups excluding carboxylic acids is 2. The lowest BCUT2D eigenvalue weighted by atomic mass is 9.72. The van der Waals surface area contributed by atoms with Gasteiger partial charge < -0.3 is 45.4 Å². The minimum absolute atomic E-state index is 0.00952. The number of rotatable bonds is 14. The highest BCUT2D eigenvalue weighted by Gasteiger charge is 2.47. The average Bonchev–Trinajstić information content (AvgIpc) is 3.63. The molecule has 5 aliphatic heterocycles. The highest BCUT2D eigenvalue weighted by Crippen LogP contribution is 2.47. The molecule has 2 unspecified atom stereocenters. The Balaban J connectivity index is 0.676. The number of β-amino-alcohol motifs (C(OH)–C–C–N with tert-alkyl or cyclic N) is 1. The number of anilines is 3. The number of aliphatic hydroxyl groups excluding tert-OH is 1. The Morgan fingerprint density at radius 3 is 2.34 bits per heavy atom. The van der Waals surface area contributed by atoms with Gasteiger partial charge in [0.2, 0.25) is 11.8 Å². The predicted octanol–water partition coefficient (Wildman–Crippen LogP) is 9.47. The van der Waals surface area contributed by atoms with Gasteiger partial charge in [0, 0.05) is 97.7 Å². The molecule has 23 heteroatoms. The number of nitriles is 1. The van der Waals surface area contributed by atoms with Crippen LogP contribution in [0, 0.1) is 51.8 Å². The summed E-state index contributed by atoms with van der Waals surface area (Å²) in [4.78, 5) is 45.8. The summed E-state index contributed by atoms with van der Waals surface area (Å²) in [5.74, 6) is -4.85. The molecule has 8 heterocycles. The van der Waals surface area contributed by atoms with E-state index in [0.717, 1.165) is 63.2 Å². The average molecular weight is 1160 g/mol. The predicted molar refractivity (Wildman–Crippen MR) is 301 cm³/mol. The number of nitrogens with zero attached hydrogens (tertiary/aromatic N) is 8. The zero-order valence-electron chi connectivity index (χ0n) is 45.1. The number of piperidine rings is 1. The molecule has 82 heavy (non-hydrogen) atoms. The molecule has 428 valence electrons. The number of nitrogens with one attached hydrogen (secondary N) is 2. The van der Waals surface area contributed by atoms with E-state index in [-0.39, 0.29) is 108 Å². The van der Waals surface area contributed by atoms with Crippen molar-refractivity contribution in [1.29, 1.82) is 5.26 Å². The number of ether oxygens (including phenoxy) is 1. The Morgan fingerprint density at radius 1 is 0.951 bits per heavy atom. The second kappa shape index (κ2) is 21.9. The van der Waals surface area contributed by atoms with Crippen LogP contribution in [0.1, 0.15) is 81.7 Å². The SMILES string of the molecule is CC(C)[C@H](C(=O)N1C[C@H](O)C[C@H]1C(=O)N[C@@H](C)c1ccc(-c2c(F)cc(F)cc2F)cc1)c1cc(N2CC3(CCN(CCOc4nc(N5CC6CCC(C5)N6)c5cc(Cl)c(-c6ccc(F)c7sc(N)c(C#N)c67)c(F)c5n4)CC3)C2)no1. The molecule has 3 aromatic heterocycles. The third kappa shape index (κ3) is 10.2. The van der Waals surface area contributed by atoms with Gasteiger partial charge in [-0.3, -0.25) is 14.5 Å².